The fourth-order valence-corrected chi connectivity index (χ4v) is 2.28. The third kappa shape index (κ3) is 4.61. The number of benzene rings is 1. The zero-order valence-electron chi connectivity index (χ0n) is 11.6. The van der Waals surface area contributed by atoms with Gasteiger partial charge in [0.15, 0.2) is 0 Å². The van der Waals surface area contributed by atoms with Crippen LogP contribution in [-0.4, -0.2) is 37.0 Å². The van der Waals surface area contributed by atoms with Gasteiger partial charge in [0.1, 0.15) is 0 Å². The number of nitrogens with zero attached hydrogens (tertiary/aromatic N) is 1. The lowest BCUT2D eigenvalue weighted by Gasteiger charge is -2.23. The predicted molar refractivity (Wildman–Crippen MR) is 76.4 cm³/mol. The first-order valence-corrected chi connectivity index (χ1v) is 6.50. The van der Waals surface area contributed by atoms with Crippen LogP contribution in [0, 0.1) is 0 Å². The number of alkyl halides is 3. The summed E-state index contributed by atoms with van der Waals surface area (Å²) in [7, 11) is 1.74. The second-order valence-corrected chi connectivity index (χ2v) is 5.02. The van der Waals surface area contributed by atoms with Crippen molar-refractivity contribution >= 4 is 18.3 Å². The molecule has 0 aromatic heterocycles. The lowest BCUT2D eigenvalue weighted by Crippen LogP contribution is -2.39. The van der Waals surface area contributed by atoms with Crippen molar-refractivity contribution in [1.82, 2.24) is 10.2 Å². The maximum Gasteiger partial charge on any atom is 0.416 e. The van der Waals surface area contributed by atoms with Crippen molar-refractivity contribution < 1.29 is 18.0 Å². The van der Waals surface area contributed by atoms with Crippen LogP contribution in [0.2, 0.25) is 0 Å². The zero-order valence-corrected chi connectivity index (χ0v) is 12.4. The van der Waals surface area contributed by atoms with Gasteiger partial charge in [-0.3, -0.25) is 4.79 Å². The van der Waals surface area contributed by atoms with Crippen LogP contribution >= 0.6 is 12.4 Å². The van der Waals surface area contributed by atoms with Crippen LogP contribution in [0.1, 0.15) is 17.5 Å². The van der Waals surface area contributed by atoms with Gasteiger partial charge in [-0.2, -0.15) is 13.2 Å². The summed E-state index contributed by atoms with van der Waals surface area (Å²) in [6.45, 7) is 1.66. The van der Waals surface area contributed by atoms with E-state index in [1.165, 1.54) is 12.1 Å². The Balaban J connectivity index is 0.00000220. The zero-order chi connectivity index (χ0) is 14.8. The molecule has 0 bridgehead atoms. The SMILES string of the molecule is CN(C(=O)Cc1ccc(C(F)(F)F)cc1)C1CCNC1.Cl. The molecular weight excluding hydrogens is 305 g/mol. The van der Waals surface area contributed by atoms with E-state index in [0.29, 0.717) is 5.56 Å². The van der Waals surface area contributed by atoms with Crippen LogP contribution < -0.4 is 5.32 Å². The summed E-state index contributed by atoms with van der Waals surface area (Å²) in [5.74, 6) is -0.0709. The van der Waals surface area contributed by atoms with E-state index in [-0.39, 0.29) is 30.8 Å². The highest BCUT2D eigenvalue weighted by Gasteiger charge is 2.30. The van der Waals surface area contributed by atoms with Crippen molar-refractivity contribution in [2.24, 2.45) is 0 Å². The minimum atomic E-state index is -4.34. The molecule has 1 aromatic rings. The maximum absolute atomic E-state index is 12.4. The first-order chi connectivity index (χ1) is 9.38. The maximum atomic E-state index is 12.4. The van der Waals surface area contributed by atoms with Gasteiger partial charge in [0.25, 0.3) is 0 Å². The van der Waals surface area contributed by atoms with Crippen LogP contribution in [0.15, 0.2) is 24.3 Å². The summed E-state index contributed by atoms with van der Waals surface area (Å²) in [6, 6.07) is 4.93. The fraction of sp³-hybridized carbons (Fsp3) is 0.500. The molecule has 0 aliphatic carbocycles. The lowest BCUT2D eigenvalue weighted by molar-refractivity contribution is -0.137. The number of halogens is 4. The number of hydrogen-bond acceptors (Lipinski definition) is 2. The van der Waals surface area contributed by atoms with E-state index in [9.17, 15) is 18.0 Å². The molecule has 3 nitrogen and oxygen atoms in total. The summed E-state index contributed by atoms with van der Waals surface area (Å²) in [6.07, 6.45) is -3.30. The summed E-state index contributed by atoms with van der Waals surface area (Å²) in [4.78, 5) is 13.7. The molecule has 0 spiro atoms. The van der Waals surface area contributed by atoms with Gasteiger partial charge in [-0.15, -0.1) is 12.4 Å². The standard InChI is InChI=1S/C14H17F3N2O.ClH/c1-19(12-6-7-18-9-12)13(20)8-10-2-4-11(5-3-10)14(15,16)17;/h2-5,12,18H,6-9H2,1H3;1H. The number of carbonyl (C=O) groups excluding carboxylic acids is 1. The molecule has 0 saturated carbocycles. The summed E-state index contributed by atoms with van der Waals surface area (Å²) >= 11 is 0. The molecular formula is C14H18ClF3N2O. The quantitative estimate of drug-likeness (QED) is 0.927. The lowest BCUT2D eigenvalue weighted by atomic mass is 10.1. The molecule has 1 N–H and O–H groups in total. The first kappa shape index (κ1) is 17.8. The molecule has 7 heteroatoms. The molecule has 1 amide bonds. The minimum Gasteiger partial charge on any atom is -0.341 e. The van der Waals surface area contributed by atoms with Crippen LogP contribution in [-0.2, 0) is 17.4 Å². The molecule has 1 atom stereocenters. The van der Waals surface area contributed by atoms with Gasteiger partial charge < -0.3 is 10.2 Å². The van der Waals surface area contributed by atoms with Gasteiger partial charge in [0, 0.05) is 19.6 Å². The molecule has 118 valence electrons. The van der Waals surface area contributed by atoms with Crippen LogP contribution in [0.4, 0.5) is 13.2 Å². The Labute approximate surface area is 127 Å². The third-order valence-electron chi connectivity index (χ3n) is 3.61. The highest BCUT2D eigenvalue weighted by atomic mass is 35.5. The van der Waals surface area contributed by atoms with Crippen molar-refractivity contribution in [1.29, 1.82) is 0 Å². The molecule has 1 aliphatic rings. The Morgan fingerprint density at radius 1 is 1.33 bits per heavy atom. The molecule has 1 saturated heterocycles. The highest BCUT2D eigenvalue weighted by Crippen LogP contribution is 2.29. The van der Waals surface area contributed by atoms with Crippen molar-refractivity contribution in [3.8, 4) is 0 Å². The number of amides is 1. The Hall–Kier alpha value is -1.27. The predicted octanol–water partition coefficient (Wildman–Crippen LogP) is 2.49. The molecule has 2 rings (SSSR count). The van der Waals surface area contributed by atoms with E-state index in [1.807, 2.05) is 0 Å². The van der Waals surface area contributed by atoms with Crippen LogP contribution in [0.5, 0.6) is 0 Å². The van der Waals surface area contributed by atoms with Crippen molar-refractivity contribution in [3.63, 3.8) is 0 Å². The Bertz CT molecular complexity index is 470. The Morgan fingerprint density at radius 2 is 1.95 bits per heavy atom. The van der Waals surface area contributed by atoms with Crippen molar-refractivity contribution in [2.75, 3.05) is 20.1 Å². The first-order valence-electron chi connectivity index (χ1n) is 6.50. The second kappa shape index (κ2) is 7.13. The van der Waals surface area contributed by atoms with E-state index in [2.05, 4.69) is 5.32 Å². The Morgan fingerprint density at radius 3 is 2.43 bits per heavy atom. The van der Waals surface area contributed by atoms with E-state index < -0.39 is 11.7 Å². The molecule has 1 aliphatic heterocycles. The average Bonchev–Trinajstić information content (AvgIpc) is 2.91. The summed E-state index contributed by atoms with van der Waals surface area (Å²) in [5, 5.41) is 3.18. The number of rotatable bonds is 3. The van der Waals surface area contributed by atoms with Crippen LogP contribution in [0.25, 0.3) is 0 Å². The van der Waals surface area contributed by atoms with E-state index >= 15 is 0 Å². The average molecular weight is 323 g/mol. The third-order valence-corrected chi connectivity index (χ3v) is 3.61. The van der Waals surface area contributed by atoms with Gasteiger partial charge in [0.05, 0.1) is 12.0 Å². The smallest absolute Gasteiger partial charge is 0.341 e. The topological polar surface area (TPSA) is 32.3 Å². The number of hydrogen-bond donors (Lipinski definition) is 1. The summed E-state index contributed by atoms with van der Waals surface area (Å²) in [5.41, 5.74) is -0.0946. The Kier molecular flexibility index (Phi) is 6.04. The molecule has 1 fully saturated rings. The second-order valence-electron chi connectivity index (χ2n) is 5.02. The van der Waals surface area contributed by atoms with Crippen LogP contribution in [0.3, 0.4) is 0 Å². The van der Waals surface area contributed by atoms with Gasteiger partial charge in [0.2, 0.25) is 5.91 Å². The molecule has 1 unspecified atom stereocenters. The van der Waals surface area contributed by atoms with E-state index in [1.54, 1.807) is 11.9 Å². The summed E-state index contributed by atoms with van der Waals surface area (Å²) < 4.78 is 37.3. The molecule has 1 heterocycles. The van der Waals surface area contributed by atoms with Gasteiger partial charge >= 0.3 is 6.18 Å². The fourth-order valence-electron chi connectivity index (χ4n) is 2.28. The van der Waals surface area contributed by atoms with E-state index in [4.69, 9.17) is 0 Å². The van der Waals surface area contributed by atoms with Gasteiger partial charge in [-0.1, -0.05) is 12.1 Å². The number of likely N-dealkylation sites (N-methyl/N-ethyl adjacent to an activating group) is 1. The number of nitrogens with one attached hydrogen (secondary N) is 1. The molecule has 0 radical (unpaired) electrons. The molecule has 21 heavy (non-hydrogen) atoms. The molecule has 1 aromatic carbocycles. The monoisotopic (exact) mass is 322 g/mol. The number of carbonyl (C=O) groups is 1. The van der Waals surface area contributed by atoms with E-state index in [0.717, 1.165) is 31.6 Å². The van der Waals surface area contributed by atoms with Gasteiger partial charge in [-0.05, 0) is 30.7 Å². The van der Waals surface area contributed by atoms with Crippen molar-refractivity contribution in [3.05, 3.63) is 35.4 Å². The van der Waals surface area contributed by atoms with Gasteiger partial charge in [-0.25, -0.2) is 0 Å². The minimum absolute atomic E-state index is 0. The highest BCUT2D eigenvalue weighted by molar-refractivity contribution is 5.85. The normalized spacial score (nSPS) is 18.2. The van der Waals surface area contributed by atoms with Crippen molar-refractivity contribution in [2.45, 2.75) is 25.1 Å². The largest absolute Gasteiger partial charge is 0.416 e.